The number of hydrogen-bond donors (Lipinski definition) is 2. The minimum atomic E-state index is 0.615. The number of halogens is 1. The van der Waals surface area contributed by atoms with Gasteiger partial charge in [0.1, 0.15) is 0 Å². The Morgan fingerprint density at radius 3 is 1.62 bits per heavy atom. The van der Waals surface area contributed by atoms with Crippen molar-refractivity contribution in [3.63, 3.8) is 0 Å². The lowest BCUT2D eigenvalue weighted by atomic mass is 10.2. The topological polar surface area (TPSA) is 52.0 Å². The van der Waals surface area contributed by atoms with Crippen LogP contribution >= 0.6 is 15.9 Å². The smallest absolute Gasteiger partial charge is 0.0559 e. The van der Waals surface area contributed by atoms with E-state index in [9.17, 15) is 0 Å². The first-order valence-electron chi connectivity index (χ1n) is 7.89. The van der Waals surface area contributed by atoms with Gasteiger partial charge in [-0.1, -0.05) is 89.1 Å². The molecule has 2 nitrogen and oxygen atoms in total. The van der Waals surface area contributed by atoms with Crippen molar-refractivity contribution >= 4 is 27.3 Å². The minimum absolute atomic E-state index is 0.615. The molecule has 0 heterocycles. The zero-order valence-electron chi connectivity index (χ0n) is 14.2. The maximum atomic E-state index is 5.47. The fraction of sp³-hybridized carbons (Fsp3) is 0.143. The third-order valence-electron chi connectivity index (χ3n) is 3.24. The van der Waals surface area contributed by atoms with Crippen molar-refractivity contribution in [2.75, 3.05) is 11.5 Å². The van der Waals surface area contributed by atoms with Gasteiger partial charge in [-0.25, -0.2) is 0 Å². The lowest BCUT2D eigenvalue weighted by Crippen LogP contribution is -1.92. The van der Waals surface area contributed by atoms with Gasteiger partial charge >= 0.3 is 0 Å². The Hall–Kier alpha value is -2.26. The summed E-state index contributed by atoms with van der Waals surface area (Å²) in [7, 11) is 0. The van der Waals surface area contributed by atoms with Gasteiger partial charge in [0.05, 0.1) is 11.4 Å². The number of aryl methyl sites for hydroxylation is 2. The van der Waals surface area contributed by atoms with E-state index in [-0.39, 0.29) is 0 Å². The quantitative estimate of drug-likeness (QED) is 0.516. The predicted molar refractivity (Wildman–Crippen MR) is 110 cm³/mol. The van der Waals surface area contributed by atoms with E-state index in [0.29, 0.717) is 11.4 Å². The van der Waals surface area contributed by atoms with E-state index < -0.39 is 0 Å². The summed E-state index contributed by atoms with van der Waals surface area (Å²) in [5.41, 5.74) is 14.9. The monoisotopic (exact) mass is 384 g/mol. The minimum Gasteiger partial charge on any atom is -0.397 e. The van der Waals surface area contributed by atoms with Gasteiger partial charge in [-0.3, -0.25) is 0 Å². The van der Waals surface area contributed by atoms with Crippen molar-refractivity contribution in [1.82, 2.24) is 0 Å². The number of nitrogen functional groups attached to an aromatic ring is 2. The predicted octanol–water partition coefficient (Wildman–Crippen LogP) is 5.86. The molecule has 4 N–H and O–H groups in total. The van der Waals surface area contributed by atoms with Crippen LogP contribution in [0.4, 0.5) is 11.4 Å². The molecule has 0 aromatic heterocycles. The van der Waals surface area contributed by atoms with Gasteiger partial charge in [-0.2, -0.15) is 0 Å². The second-order valence-corrected chi connectivity index (χ2v) is 6.18. The summed E-state index contributed by atoms with van der Waals surface area (Å²) >= 11 is 3.26. The number of benzene rings is 3. The molecule has 0 saturated carbocycles. The van der Waals surface area contributed by atoms with E-state index >= 15 is 0 Å². The molecule has 0 aliphatic rings. The van der Waals surface area contributed by atoms with Gasteiger partial charge in [0.15, 0.2) is 0 Å². The highest BCUT2D eigenvalue weighted by Gasteiger charge is 1.91. The lowest BCUT2D eigenvalue weighted by molar-refractivity contribution is 1.14. The number of anilines is 2. The number of nitrogens with two attached hydrogens (primary N) is 2. The molecule has 0 aliphatic carbocycles. The molecule has 0 fully saturated rings. The molecular weight excluding hydrogens is 360 g/mol. The van der Waals surface area contributed by atoms with Gasteiger partial charge in [0.25, 0.3) is 0 Å². The summed E-state index contributed by atoms with van der Waals surface area (Å²) in [5.74, 6) is 0. The molecule has 3 rings (SSSR count). The van der Waals surface area contributed by atoms with Crippen LogP contribution < -0.4 is 11.5 Å². The van der Waals surface area contributed by atoms with Gasteiger partial charge in [-0.05, 0) is 37.1 Å². The standard InChI is InChI=1S/C8H10.C7H8.C6H7BrN2/c1-2-8-6-4-3-5-7-8;1-7-5-3-2-4-6-7;7-4-1-2-5(8)6(9)3-4/h3-7H,2H2,1H3;2-6H,1H3;1-3H,8-9H2. The van der Waals surface area contributed by atoms with Crippen molar-refractivity contribution in [3.8, 4) is 0 Å². The molecule has 0 spiro atoms. The van der Waals surface area contributed by atoms with E-state index in [1.807, 2.05) is 30.3 Å². The summed E-state index contributed by atoms with van der Waals surface area (Å²) < 4.78 is 0.953. The van der Waals surface area contributed by atoms with E-state index in [1.54, 1.807) is 12.1 Å². The summed E-state index contributed by atoms with van der Waals surface area (Å²) in [6.45, 7) is 4.25. The van der Waals surface area contributed by atoms with E-state index in [2.05, 4.69) is 66.2 Å². The molecule has 0 amide bonds. The van der Waals surface area contributed by atoms with Gasteiger partial charge in [0, 0.05) is 4.47 Å². The molecule has 24 heavy (non-hydrogen) atoms. The Labute approximate surface area is 153 Å². The summed E-state index contributed by atoms with van der Waals surface area (Å²) in [6.07, 6.45) is 1.14. The van der Waals surface area contributed by atoms with Crippen LogP contribution in [0.15, 0.2) is 83.3 Å². The van der Waals surface area contributed by atoms with Crippen LogP contribution in [0.2, 0.25) is 0 Å². The second kappa shape index (κ2) is 11.3. The molecule has 3 aromatic rings. The fourth-order valence-electron chi connectivity index (χ4n) is 1.79. The largest absolute Gasteiger partial charge is 0.397 e. The summed E-state index contributed by atoms with van der Waals surface area (Å²) in [4.78, 5) is 0. The van der Waals surface area contributed by atoms with E-state index in [4.69, 9.17) is 11.5 Å². The maximum Gasteiger partial charge on any atom is 0.0559 e. The Kier molecular flexibility index (Phi) is 9.32. The van der Waals surface area contributed by atoms with Gasteiger partial charge < -0.3 is 11.5 Å². The number of hydrogen-bond acceptors (Lipinski definition) is 2. The molecule has 126 valence electrons. The average molecular weight is 385 g/mol. The Morgan fingerprint density at radius 1 is 0.750 bits per heavy atom. The SMILES string of the molecule is CCc1ccccc1.Cc1ccccc1.Nc1ccc(Br)cc1N. The highest BCUT2D eigenvalue weighted by atomic mass is 79.9. The van der Waals surface area contributed by atoms with Crippen molar-refractivity contribution in [2.45, 2.75) is 20.3 Å². The molecule has 0 aliphatic heterocycles. The molecule has 3 aromatic carbocycles. The van der Waals surface area contributed by atoms with Crippen molar-refractivity contribution in [2.24, 2.45) is 0 Å². The van der Waals surface area contributed by atoms with Crippen LogP contribution in [0.25, 0.3) is 0 Å². The Balaban J connectivity index is 0.000000181. The van der Waals surface area contributed by atoms with Crippen LogP contribution in [0.1, 0.15) is 18.1 Å². The van der Waals surface area contributed by atoms with Gasteiger partial charge in [-0.15, -0.1) is 0 Å². The lowest BCUT2D eigenvalue weighted by Gasteiger charge is -1.97. The third-order valence-corrected chi connectivity index (χ3v) is 3.73. The molecule has 0 bridgehead atoms. The molecule has 0 saturated heterocycles. The number of rotatable bonds is 1. The Morgan fingerprint density at radius 2 is 1.29 bits per heavy atom. The molecule has 0 radical (unpaired) electrons. The maximum absolute atomic E-state index is 5.47. The summed E-state index contributed by atoms with van der Waals surface area (Å²) in [6, 6.07) is 26.1. The van der Waals surface area contributed by atoms with Crippen LogP contribution in [-0.2, 0) is 6.42 Å². The summed E-state index contributed by atoms with van der Waals surface area (Å²) in [5, 5.41) is 0. The first kappa shape index (κ1) is 19.8. The highest BCUT2D eigenvalue weighted by Crippen LogP contribution is 2.19. The van der Waals surface area contributed by atoms with Gasteiger partial charge in [0.2, 0.25) is 0 Å². The van der Waals surface area contributed by atoms with Crippen LogP contribution in [0.5, 0.6) is 0 Å². The fourth-order valence-corrected chi connectivity index (χ4v) is 2.17. The Bertz CT molecular complexity index is 698. The van der Waals surface area contributed by atoms with Crippen LogP contribution in [0.3, 0.4) is 0 Å². The molecule has 0 unspecified atom stereocenters. The van der Waals surface area contributed by atoms with Crippen LogP contribution in [-0.4, -0.2) is 0 Å². The van der Waals surface area contributed by atoms with E-state index in [0.717, 1.165) is 10.9 Å². The van der Waals surface area contributed by atoms with Crippen molar-refractivity contribution in [1.29, 1.82) is 0 Å². The normalized spacial score (nSPS) is 9.12. The molecular formula is C21H25BrN2. The molecule has 3 heteroatoms. The zero-order chi connectivity index (χ0) is 17.8. The van der Waals surface area contributed by atoms with Crippen LogP contribution in [0, 0.1) is 6.92 Å². The van der Waals surface area contributed by atoms with Crippen molar-refractivity contribution < 1.29 is 0 Å². The first-order valence-corrected chi connectivity index (χ1v) is 8.68. The average Bonchev–Trinajstić information content (AvgIpc) is 2.61. The highest BCUT2D eigenvalue weighted by molar-refractivity contribution is 9.10. The first-order chi connectivity index (χ1) is 11.5. The molecule has 0 atom stereocenters. The second-order valence-electron chi connectivity index (χ2n) is 5.27. The third kappa shape index (κ3) is 8.39. The van der Waals surface area contributed by atoms with E-state index in [1.165, 1.54) is 11.1 Å². The van der Waals surface area contributed by atoms with Crippen molar-refractivity contribution in [3.05, 3.63) is 94.5 Å². The zero-order valence-corrected chi connectivity index (χ0v) is 15.8.